The van der Waals surface area contributed by atoms with Crippen molar-refractivity contribution in [2.75, 3.05) is 32.7 Å². The fraction of sp³-hybridized carbons (Fsp3) is 1.00. The van der Waals surface area contributed by atoms with E-state index in [0.717, 1.165) is 24.7 Å². The first kappa shape index (κ1) is 15.8. The molecule has 0 aromatic carbocycles. The molecule has 0 aromatic rings. The maximum atomic E-state index is 3.79. The Morgan fingerprint density at radius 2 is 1.86 bits per heavy atom. The van der Waals surface area contributed by atoms with E-state index in [0.29, 0.717) is 5.41 Å². The van der Waals surface area contributed by atoms with Gasteiger partial charge in [-0.15, -0.1) is 0 Å². The zero-order valence-corrected chi connectivity index (χ0v) is 14.4. The number of nitrogens with zero attached hydrogens (tertiary/aromatic N) is 2. The van der Waals surface area contributed by atoms with E-state index in [9.17, 15) is 0 Å². The normalized spacial score (nSPS) is 38.1. The number of nitrogens with one attached hydrogen (secondary N) is 1. The van der Waals surface area contributed by atoms with Crippen molar-refractivity contribution in [2.24, 2.45) is 5.41 Å². The van der Waals surface area contributed by atoms with Gasteiger partial charge in [-0.2, -0.15) is 0 Å². The van der Waals surface area contributed by atoms with Crippen molar-refractivity contribution < 1.29 is 0 Å². The van der Waals surface area contributed by atoms with Crippen molar-refractivity contribution in [3.05, 3.63) is 0 Å². The first-order valence-electron chi connectivity index (χ1n) is 9.30. The Labute approximate surface area is 131 Å². The van der Waals surface area contributed by atoms with E-state index in [2.05, 4.69) is 35.9 Å². The smallest absolute Gasteiger partial charge is 0.0255 e. The van der Waals surface area contributed by atoms with Crippen molar-refractivity contribution in [1.29, 1.82) is 0 Å². The number of piperidine rings is 1. The van der Waals surface area contributed by atoms with Gasteiger partial charge >= 0.3 is 0 Å². The van der Waals surface area contributed by atoms with Crippen molar-refractivity contribution in [3.63, 3.8) is 0 Å². The summed E-state index contributed by atoms with van der Waals surface area (Å²) >= 11 is 0. The molecule has 21 heavy (non-hydrogen) atoms. The Hall–Kier alpha value is -0.120. The van der Waals surface area contributed by atoms with Crippen molar-refractivity contribution in [2.45, 2.75) is 77.4 Å². The van der Waals surface area contributed by atoms with E-state index in [1.165, 1.54) is 64.7 Å². The molecule has 1 saturated carbocycles. The van der Waals surface area contributed by atoms with Crippen LogP contribution in [0.4, 0.5) is 0 Å². The second-order valence-corrected chi connectivity index (χ2v) is 8.32. The summed E-state index contributed by atoms with van der Waals surface area (Å²) in [4.78, 5) is 5.61. The highest BCUT2D eigenvalue weighted by Gasteiger charge is 2.40. The van der Waals surface area contributed by atoms with Crippen molar-refractivity contribution in [1.82, 2.24) is 15.1 Å². The summed E-state index contributed by atoms with van der Waals surface area (Å²) in [7, 11) is 0. The Bertz CT molecular complexity index is 341. The van der Waals surface area contributed by atoms with Gasteiger partial charge in [0.1, 0.15) is 0 Å². The van der Waals surface area contributed by atoms with Crippen LogP contribution in [0.3, 0.4) is 0 Å². The fourth-order valence-electron chi connectivity index (χ4n) is 4.91. The van der Waals surface area contributed by atoms with Gasteiger partial charge in [-0.25, -0.2) is 0 Å². The number of rotatable bonds is 3. The lowest BCUT2D eigenvalue weighted by Gasteiger charge is -2.51. The van der Waals surface area contributed by atoms with Crippen LogP contribution in [0.5, 0.6) is 0 Å². The summed E-state index contributed by atoms with van der Waals surface area (Å²) < 4.78 is 0. The molecule has 3 unspecified atom stereocenters. The molecular weight excluding hydrogens is 258 g/mol. The van der Waals surface area contributed by atoms with Gasteiger partial charge in [0.15, 0.2) is 0 Å². The average molecular weight is 293 g/mol. The highest BCUT2D eigenvalue weighted by Crippen LogP contribution is 2.38. The number of piperazine rings is 1. The molecule has 122 valence electrons. The molecule has 3 aliphatic rings. The summed E-state index contributed by atoms with van der Waals surface area (Å²) in [5.41, 5.74) is 0.528. The SMILES string of the molecule is CCNC1CCC(C)(C)CC1N1CCN2CCCCC2C1. The first-order chi connectivity index (χ1) is 10.1. The Balaban J connectivity index is 1.67. The van der Waals surface area contributed by atoms with Gasteiger partial charge in [-0.3, -0.25) is 9.80 Å². The molecule has 0 aromatic heterocycles. The summed E-state index contributed by atoms with van der Waals surface area (Å²) in [6.07, 6.45) is 8.41. The first-order valence-corrected chi connectivity index (χ1v) is 9.30. The quantitative estimate of drug-likeness (QED) is 0.863. The highest BCUT2D eigenvalue weighted by atomic mass is 15.3. The predicted molar refractivity (Wildman–Crippen MR) is 89.7 cm³/mol. The molecule has 0 amide bonds. The Kier molecular flexibility index (Phi) is 4.92. The number of fused-ring (bicyclic) bond motifs is 1. The summed E-state index contributed by atoms with van der Waals surface area (Å²) in [6, 6.07) is 2.33. The number of hydrogen-bond acceptors (Lipinski definition) is 3. The molecule has 1 aliphatic carbocycles. The minimum absolute atomic E-state index is 0.528. The van der Waals surface area contributed by atoms with E-state index in [1.807, 2.05) is 0 Å². The van der Waals surface area contributed by atoms with Crippen molar-refractivity contribution >= 4 is 0 Å². The minimum atomic E-state index is 0.528. The van der Waals surface area contributed by atoms with Gasteiger partial charge in [0.05, 0.1) is 0 Å². The molecule has 1 N–H and O–H groups in total. The molecule has 0 radical (unpaired) electrons. The zero-order chi connectivity index (χ0) is 14.9. The molecule has 3 heteroatoms. The van der Waals surface area contributed by atoms with Crippen LogP contribution < -0.4 is 5.32 Å². The van der Waals surface area contributed by atoms with Gasteiger partial charge < -0.3 is 5.32 Å². The molecule has 3 fully saturated rings. The van der Waals surface area contributed by atoms with Gasteiger partial charge in [0.25, 0.3) is 0 Å². The molecule has 0 bridgehead atoms. The topological polar surface area (TPSA) is 18.5 Å². The van der Waals surface area contributed by atoms with E-state index in [-0.39, 0.29) is 0 Å². The van der Waals surface area contributed by atoms with Crippen LogP contribution in [0.2, 0.25) is 0 Å². The lowest BCUT2D eigenvalue weighted by Crippen LogP contribution is -2.62. The van der Waals surface area contributed by atoms with Gasteiger partial charge in [0, 0.05) is 37.8 Å². The number of likely N-dealkylation sites (N-methyl/N-ethyl adjacent to an activating group) is 1. The molecule has 3 atom stereocenters. The molecular formula is C18H35N3. The van der Waals surface area contributed by atoms with Crippen molar-refractivity contribution in [3.8, 4) is 0 Å². The van der Waals surface area contributed by atoms with Crippen LogP contribution in [0.25, 0.3) is 0 Å². The molecule has 3 rings (SSSR count). The van der Waals surface area contributed by atoms with Crippen LogP contribution >= 0.6 is 0 Å². The van der Waals surface area contributed by atoms with E-state index < -0.39 is 0 Å². The van der Waals surface area contributed by atoms with Crippen LogP contribution in [0, 0.1) is 5.41 Å². The second-order valence-electron chi connectivity index (χ2n) is 8.32. The third-order valence-electron chi connectivity index (χ3n) is 6.16. The Morgan fingerprint density at radius 3 is 2.67 bits per heavy atom. The third-order valence-corrected chi connectivity index (χ3v) is 6.16. The monoisotopic (exact) mass is 293 g/mol. The van der Waals surface area contributed by atoms with Crippen LogP contribution in [0.15, 0.2) is 0 Å². The number of hydrogen-bond donors (Lipinski definition) is 1. The van der Waals surface area contributed by atoms with Crippen LogP contribution in [-0.4, -0.2) is 60.6 Å². The lowest BCUT2D eigenvalue weighted by atomic mass is 9.72. The molecule has 3 nitrogen and oxygen atoms in total. The maximum Gasteiger partial charge on any atom is 0.0255 e. The predicted octanol–water partition coefficient (Wildman–Crippen LogP) is 2.71. The van der Waals surface area contributed by atoms with Gasteiger partial charge in [-0.1, -0.05) is 27.2 Å². The van der Waals surface area contributed by atoms with Crippen LogP contribution in [0.1, 0.15) is 59.3 Å². The van der Waals surface area contributed by atoms with Crippen LogP contribution in [-0.2, 0) is 0 Å². The second kappa shape index (κ2) is 6.55. The zero-order valence-electron chi connectivity index (χ0n) is 14.4. The molecule has 0 spiro atoms. The van der Waals surface area contributed by atoms with E-state index in [1.54, 1.807) is 0 Å². The average Bonchev–Trinajstić information content (AvgIpc) is 2.48. The standard InChI is InChI=1S/C18H35N3/c1-4-19-16-8-9-18(2,3)13-17(16)21-12-11-20-10-6-5-7-15(20)14-21/h15-17,19H,4-14H2,1-3H3. The van der Waals surface area contributed by atoms with Gasteiger partial charge in [-0.05, 0) is 50.6 Å². The largest absolute Gasteiger partial charge is 0.313 e. The Morgan fingerprint density at radius 1 is 1.05 bits per heavy atom. The molecule has 2 heterocycles. The molecule has 2 saturated heterocycles. The molecule has 2 aliphatic heterocycles. The third kappa shape index (κ3) is 3.62. The summed E-state index contributed by atoms with van der Waals surface area (Å²) in [5.74, 6) is 0. The minimum Gasteiger partial charge on any atom is -0.313 e. The summed E-state index contributed by atoms with van der Waals surface area (Å²) in [5, 5.41) is 3.79. The lowest BCUT2D eigenvalue weighted by molar-refractivity contribution is -0.00874. The highest BCUT2D eigenvalue weighted by molar-refractivity contribution is 4.97. The van der Waals surface area contributed by atoms with E-state index >= 15 is 0 Å². The maximum absolute atomic E-state index is 3.79. The fourth-order valence-corrected chi connectivity index (χ4v) is 4.91. The summed E-state index contributed by atoms with van der Waals surface area (Å²) in [6.45, 7) is 13.6. The van der Waals surface area contributed by atoms with E-state index in [4.69, 9.17) is 0 Å². The van der Waals surface area contributed by atoms with Gasteiger partial charge in [0.2, 0.25) is 0 Å².